The summed E-state index contributed by atoms with van der Waals surface area (Å²) in [6.07, 6.45) is 0. The van der Waals surface area contributed by atoms with Crippen LogP contribution in [0.1, 0.15) is 17.2 Å². The minimum absolute atomic E-state index is 0.0286. The molecule has 5 heteroatoms. The van der Waals surface area contributed by atoms with Crippen molar-refractivity contribution in [2.24, 2.45) is 0 Å². The molecule has 1 unspecified atom stereocenters. The van der Waals surface area contributed by atoms with Crippen molar-refractivity contribution < 1.29 is 14.3 Å². The molecular formula is C15H13ClFNO2. The summed E-state index contributed by atoms with van der Waals surface area (Å²) in [5.74, 6) is -1.86. The normalized spacial score (nSPS) is 12.1. The monoisotopic (exact) mass is 293 g/mol. The minimum atomic E-state index is -1.15. The second-order valence-corrected chi connectivity index (χ2v) is 4.69. The van der Waals surface area contributed by atoms with E-state index in [-0.39, 0.29) is 10.6 Å². The summed E-state index contributed by atoms with van der Waals surface area (Å²) in [6, 6.07) is 12.5. The zero-order valence-corrected chi connectivity index (χ0v) is 11.3. The van der Waals surface area contributed by atoms with Crippen molar-refractivity contribution in [1.82, 2.24) is 5.32 Å². The molecule has 0 saturated heterocycles. The fourth-order valence-electron chi connectivity index (χ4n) is 1.89. The third kappa shape index (κ3) is 3.35. The topological polar surface area (TPSA) is 49.3 Å². The van der Waals surface area contributed by atoms with E-state index in [9.17, 15) is 14.3 Å². The number of carboxylic acid groups (broad SMARTS) is 1. The molecule has 20 heavy (non-hydrogen) atoms. The van der Waals surface area contributed by atoms with Crippen LogP contribution in [0.5, 0.6) is 0 Å². The smallest absolute Gasteiger partial charge is 0.325 e. The van der Waals surface area contributed by atoms with E-state index >= 15 is 0 Å². The van der Waals surface area contributed by atoms with Crippen LogP contribution >= 0.6 is 11.6 Å². The lowest BCUT2D eigenvalue weighted by Crippen LogP contribution is -2.29. The highest BCUT2D eigenvalue weighted by molar-refractivity contribution is 6.30. The number of hydrogen-bond donors (Lipinski definition) is 2. The Morgan fingerprint density at radius 2 is 1.90 bits per heavy atom. The maximum atomic E-state index is 13.9. The van der Waals surface area contributed by atoms with E-state index in [2.05, 4.69) is 5.32 Å². The second-order valence-electron chi connectivity index (χ2n) is 4.28. The van der Waals surface area contributed by atoms with Crippen LogP contribution in [0.3, 0.4) is 0 Å². The number of hydrogen-bond acceptors (Lipinski definition) is 2. The zero-order chi connectivity index (χ0) is 14.5. The molecule has 104 valence electrons. The number of aliphatic carboxylic acids is 1. The van der Waals surface area contributed by atoms with Crippen LogP contribution in [-0.2, 0) is 11.3 Å². The summed E-state index contributed by atoms with van der Waals surface area (Å²) in [5.41, 5.74) is 0.946. The molecule has 0 radical (unpaired) electrons. The average molecular weight is 294 g/mol. The first-order chi connectivity index (χ1) is 9.59. The number of rotatable bonds is 5. The van der Waals surface area contributed by atoms with Crippen molar-refractivity contribution in [3.05, 3.63) is 70.5 Å². The molecule has 0 saturated carbocycles. The molecule has 0 heterocycles. The molecule has 0 aliphatic heterocycles. The minimum Gasteiger partial charge on any atom is -0.480 e. The van der Waals surface area contributed by atoms with E-state index in [1.54, 1.807) is 0 Å². The molecule has 3 nitrogen and oxygen atoms in total. The number of carboxylic acids is 1. The maximum absolute atomic E-state index is 13.9. The first-order valence-corrected chi connectivity index (χ1v) is 6.41. The molecule has 2 N–H and O–H groups in total. The molecule has 0 fully saturated rings. The molecular weight excluding hydrogens is 281 g/mol. The molecule has 0 bridgehead atoms. The molecule has 2 aromatic carbocycles. The van der Waals surface area contributed by atoms with Crippen LogP contribution in [0, 0.1) is 5.82 Å². The summed E-state index contributed by atoms with van der Waals surface area (Å²) >= 11 is 5.68. The lowest BCUT2D eigenvalue weighted by Gasteiger charge is -2.16. The number of halogens is 2. The lowest BCUT2D eigenvalue weighted by molar-refractivity contribution is -0.139. The van der Waals surface area contributed by atoms with Crippen molar-refractivity contribution in [1.29, 1.82) is 0 Å². The predicted molar refractivity (Wildman–Crippen MR) is 75.1 cm³/mol. The van der Waals surface area contributed by atoms with Gasteiger partial charge < -0.3 is 5.11 Å². The Kier molecular flexibility index (Phi) is 4.71. The maximum Gasteiger partial charge on any atom is 0.325 e. The Labute approximate surface area is 121 Å². The largest absolute Gasteiger partial charge is 0.480 e. The van der Waals surface area contributed by atoms with Crippen LogP contribution < -0.4 is 5.32 Å². The van der Waals surface area contributed by atoms with Crippen LogP contribution in [0.2, 0.25) is 5.02 Å². The predicted octanol–water partition coefficient (Wildman–Crippen LogP) is 3.39. The summed E-state index contributed by atoms with van der Waals surface area (Å²) in [7, 11) is 0. The van der Waals surface area contributed by atoms with E-state index in [1.165, 1.54) is 18.2 Å². The van der Waals surface area contributed by atoms with Crippen LogP contribution in [0.4, 0.5) is 4.39 Å². The van der Waals surface area contributed by atoms with Gasteiger partial charge in [-0.1, -0.05) is 54.1 Å². The fourth-order valence-corrected chi connectivity index (χ4v) is 2.07. The van der Waals surface area contributed by atoms with E-state index in [0.29, 0.717) is 6.54 Å². The Bertz CT molecular complexity index is 604. The van der Waals surface area contributed by atoms with Gasteiger partial charge in [0, 0.05) is 12.1 Å². The van der Waals surface area contributed by atoms with Crippen LogP contribution in [0.15, 0.2) is 48.5 Å². The Morgan fingerprint density at radius 3 is 2.55 bits per heavy atom. The van der Waals surface area contributed by atoms with E-state index in [1.807, 2.05) is 30.3 Å². The van der Waals surface area contributed by atoms with Crippen LogP contribution in [0.25, 0.3) is 0 Å². The zero-order valence-electron chi connectivity index (χ0n) is 10.5. The molecule has 0 aliphatic carbocycles. The molecule has 2 rings (SSSR count). The Morgan fingerprint density at radius 1 is 1.20 bits per heavy atom. The van der Waals surface area contributed by atoms with Crippen molar-refractivity contribution in [3.63, 3.8) is 0 Å². The lowest BCUT2D eigenvalue weighted by atomic mass is 10.1. The highest BCUT2D eigenvalue weighted by Crippen LogP contribution is 2.24. The van der Waals surface area contributed by atoms with E-state index in [0.717, 1.165) is 5.56 Å². The van der Waals surface area contributed by atoms with Gasteiger partial charge in [-0.15, -0.1) is 0 Å². The van der Waals surface area contributed by atoms with Gasteiger partial charge >= 0.3 is 5.97 Å². The molecule has 0 amide bonds. The third-order valence-electron chi connectivity index (χ3n) is 2.89. The molecule has 0 aliphatic rings. The van der Waals surface area contributed by atoms with Crippen molar-refractivity contribution in [2.75, 3.05) is 0 Å². The third-order valence-corrected chi connectivity index (χ3v) is 3.18. The molecule has 0 spiro atoms. The average Bonchev–Trinajstić information content (AvgIpc) is 2.44. The van der Waals surface area contributed by atoms with Gasteiger partial charge in [0.15, 0.2) is 0 Å². The van der Waals surface area contributed by atoms with Gasteiger partial charge in [0.25, 0.3) is 0 Å². The van der Waals surface area contributed by atoms with Crippen molar-refractivity contribution in [3.8, 4) is 0 Å². The SMILES string of the molecule is O=C(O)C(NCc1ccccc1)c1cccc(Cl)c1F. The molecule has 0 aromatic heterocycles. The quantitative estimate of drug-likeness (QED) is 0.888. The van der Waals surface area contributed by atoms with Gasteiger partial charge in [-0.3, -0.25) is 10.1 Å². The highest BCUT2D eigenvalue weighted by Gasteiger charge is 2.23. The van der Waals surface area contributed by atoms with E-state index in [4.69, 9.17) is 11.6 Å². The number of benzene rings is 2. The number of nitrogens with one attached hydrogen (secondary N) is 1. The fraction of sp³-hybridized carbons (Fsp3) is 0.133. The van der Waals surface area contributed by atoms with Crippen molar-refractivity contribution in [2.45, 2.75) is 12.6 Å². The Balaban J connectivity index is 2.20. The van der Waals surface area contributed by atoms with Crippen LogP contribution in [-0.4, -0.2) is 11.1 Å². The first-order valence-electron chi connectivity index (χ1n) is 6.03. The second kappa shape index (κ2) is 6.50. The van der Waals surface area contributed by atoms with Gasteiger partial charge in [-0.25, -0.2) is 4.39 Å². The highest BCUT2D eigenvalue weighted by atomic mass is 35.5. The van der Waals surface area contributed by atoms with Gasteiger partial charge in [-0.2, -0.15) is 0 Å². The van der Waals surface area contributed by atoms with Gasteiger partial charge in [0.1, 0.15) is 11.9 Å². The number of carbonyl (C=O) groups is 1. The van der Waals surface area contributed by atoms with Gasteiger partial charge in [0.05, 0.1) is 5.02 Å². The first kappa shape index (κ1) is 14.5. The summed E-state index contributed by atoms with van der Waals surface area (Å²) in [5, 5.41) is 12.0. The summed E-state index contributed by atoms with van der Waals surface area (Å²) in [6.45, 7) is 0.323. The van der Waals surface area contributed by atoms with Gasteiger partial charge in [0.2, 0.25) is 0 Å². The molecule has 1 atom stereocenters. The molecule has 2 aromatic rings. The standard InChI is InChI=1S/C15H13ClFNO2/c16-12-8-4-7-11(13(12)17)14(15(19)20)18-9-10-5-2-1-3-6-10/h1-8,14,18H,9H2,(H,19,20). The Hall–Kier alpha value is -1.91. The summed E-state index contributed by atoms with van der Waals surface area (Å²) < 4.78 is 13.9. The van der Waals surface area contributed by atoms with Gasteiger partial charge in [-0.05, 0) is 11.6 Å². The summed E-state index contributed by atoms with van der Waals surface area (Å²) in [4.78, 5) is 11.3. The van der Waals surface area contributed by atoms with Crippen molar-refractivity contribution >= 4 is 17.6 Å². The van der Waals surface area contributed by atoms with E-state index < -0.39 is 17.8 Å².